The van der Waals surface area contributed by atoms with Crippen LogP contribution in [-0.2, 0) is 4.43 Å². The largest absolute Gasteiger partial charge is 0.411 e. The van der Waals surface area contributed by atoms with Gasteiger partial charge >= 0.3 is 0 Å². The fourth-order valence-corrected chi connectivity index (χ4v) is 3.12. The Morgan fingerprint density at radius 3 is 2.22 bits per heavy atom. The van der Waals surface area contributed by atoms with Crippen molar-refractivity contribution in [3.63, 3.8) is 0 Å². The Morgan fingerprint density at radius 1 is 1.28 bits per heavy atom. The number of hydrogen-bond acceptors (Lipinski definition) is 1. The quantitative estimate of drug-likeness (QED) is 0.401. The smallest absolute Gasteiger partial charge is 0.192 e. The predicted molar refractivity (Wildman–Crippen MR) is 85.6 cm³/mol. The highest BCUT2D eigenvalue weighted by molar-refractivity contribution is 6.74. The molecule has 18 heavy (non-hydrogen) atoms. The molecule has 0 radical (unpaired) electrons. The second kappa shape index (κ2) is 7.49. The third kappa shape index (κ3) is 6.19. The number of unbranched alkanes of at least 4 members (excludes halogenated alkanes) is 1. The van der Waals surface area contributed by atoms with Gasteiger partial charge in [-0.15, -0.1) is 6.58 Å². The molecular formula is C16H34OSi. The van der Waals surface area contributed by atoms with Gasteiger partial charge in [0.2, 0.25) is 0 Å². The van der Waals surface area contributed by atoms with Crippen LogP contribution in [0.15, 0.2) is 12.7 Å². The van der Waals surface area contributed by atoms with Crippen LogP contribution in [0.5, 0.6) is 0 Å². The lowest BCUT2D eigenvalue weighted by molar-refractivity contribution is 0.191. The lowest BCUT2D eigenvalue weighted by atomic mass is 9.98. The van der Waals surface area contributed by atoms with E-state index < -0.39 is 8.32 Å². The molecule has 0 heterocycles. The molecule has 0 saturated heterocycles. The Labute approximate surface area is 116 Å². The molecule has 0 aromatic rings. The molecular weight excluding hydrogens is 236 g/mol. The lowest BCUT2D eigenvalue weighted by Crippen LogP contribution is -2.43. The van der Waals surface area contributed by atoms with Gasteiger partial charge in [-0.2, -0.15) is 0 Å². The van der Waals surface area contributed by atoms with E-state index in [1.165, 1.54) is 19.3 Å². The number of rotatable bonds is 8. The van der Waals surface area contributed by atoms with Crippen molar-refractivity contribution in [1.29, 1.82) is 0 Å². The van der Waals surface area contributed by atoms with E-state index in [1.54, 1.807) is 0 Å². The van der Waals surface area contributed by atoms with Crippen molar-refractivity contribution in [1.82, 2.24) is 0 Å². The first-order chi connectivity index (χ1) is 8.14. The van der Waals surface area contributed by atoms with E-state index in [-0.39, 0.29) is 11.1 Å². The van der Waals surface area contributed by atoms with Crippen LogP contribution in [0.2, 0.25) is 18.1 Å². The normalized spacial score (nSPS) is 16.4. The van der Waals surface area contributed by atoms with Crippen molar-refractivity contribution in [3.05, 3.63) is 12.7 Å². The highest BCUT2D eigenvalue weighted by Gasteiger charge is 2.38. The Balaban J connectivity index is 4.39. The van der Waals surface area contributed by atoms with Gasteiger partial charge < -0.3 is 4.43 Å². The molecule has 0 fully saturated rings. The molecule has 0 aliphatic heterocycles. The third-order valence-electron chi connectivity index (χ3n) is 4.20. The zero-order valence-electron chi connectivity index (χ0n) is 13.7. The van der Waals surface area contributed by atoms with E-state index in [2.05, 4.69) is 54.3 Å². The van der Waals surface area contributed by atoms with Crippen LogP contribution in [-0.4, -0.2) is 14.4 Å². The molecule has 0 N–H and O–H groups in total. The standard InChI is InChI=1S/C16H34OSi/c1-9-11-12-14(3)13-15(10-2)17-18(7,8)16(4,5)6/h10,14-15H,2,9,11-13H2,1,3-8H3/t14-,15+/m0/s1. The van der Waals surface area contributed by atoms with Gasteiger partial charge in [-0.05, 0) is 30.5 Å². The first kappa shape index (κ1) is 17.9. The predicted octanol–water partition coefficient (Wildman–Crippen LogP) is 5.78. The molecule has 2 heteroatoms. The van der Waals surface area contributed by atoms with E-state index in [9.17, 15) is 0 Å². The van der Waals surface area contributed by atoms with Crippen LogP contribution in [0.25, 0.3) is 0 Å². The third-order valence-corrected chi connectivity index (χ3v) is 8.70. The van der Waals surface area contributed by atoms with Crippen molar-refractivity contribution in [2.24, 2.45) is 5.92 Å². The Kier molecular flexibility index (Phi) is 7.46. The second-order valence-corrected chi connectivity index (χ2v) is 11.9. The molecule has 0 unspecified atom stereocenters. The van der Waals surface area contributed by atoms with E-state index in [4.69, 9.17) is 4.43 Å². The molecule has 1 nitrogen and oxygen atoms in total. The molecule has 0 aliphatic carbocycles. The fourth-order valence-electron chi connectivity index (χ4n) is 1.81. The van der Waals surface area contributed by atoms with Crippen LogP contribution in [0.4, 0.5) is 0 Å². The molecule has 0 aromatic carbocycles. The molecule has 0 aromatic heterocycles. The zero-order chi connectivity index (χ0) is 14.4. The highest BCUT2D eigenvalue weighted by Crippen LogP contribution is 2.38. The topological polar surface area (TPSA) is 9.23 Å². The molecule has 0 rings (SSSR count). The van der Waals surface area contributed by atoms with Gasteiger partial charge in [0, 0.05) is 0 Å². The first-order valence-electron chi connectivity index (χ1n) is 7.44. The maximum atomic E-state index is 6.42. The zero-order valence-corrected chi connectivity index (χ0v) is 14.7. The van der Waals surface area contributed by atoms with E-state index in [0.29, 0.717) is 0 Å². The molecule has 0 bridgehead atoms. The monoisotopic (exact) mass is 270 g/mol. The summed E-state index contributed by atoms with van der Waals surface area (Å²) in [4.78, 5) is 0. The Bertz CT molecular complexity index is 240. The molecule has 0 saturated carbocycles. The van der Waals surface area contributed by atoms with Gasteiger partial charge in [0.25, 0.3) is 0 Å². The van der Waals surface area contributed by atoms with E-state index >= 15 is 0 Å². The summed E-state index contributed by atoms with van der Waals surface area (Å²) in [6.45, 7) is 20.1. The van der Waals surface area contributed by atoms with Crippen molar-refractivity contribution in [2.45, 2.75) is 84.5 Å². The van der Waals surface area contributed by atoms with Crippen molar-refractivity contribution < 1.29 is 4.43 Å². The van der Waals surface area contributed by atoms with Gasteiger partial charge in [0.05, 0.1) is 6.10 Å². The minimum Gasteiger partial charge on any atom is -0.411 e. The van der Waals surface area contributed by atoms with Crippen LogP contribution < -0.4 is 0 Å². The minimum absolute atomic E-state index is 0.234. The second-order valence-electron chi connectivity index (χ2n) is 7.14. The lowest BCUT2D eigenvalue weighted by Gasteiger charge is -2.39. The van der Waals surface area contributed by atoms with E-state index in [0.717, 1.165) is 12.3 Å². The van der Waals surface area contributed by atoms with Crippen LogP contribution >= 0.6 is 0 Å². The van der Waals surface area contributed by atoms with Crippen molar-refractivity contribution in [2.75, 3.05) is 0 Å². The van der Waals surface area contributed by atoms with Gasteiger partial charge in [-0.1, -0.05) is 60.0 Å². The molecule has 2 atom stereocenters. The molecule has 108 valence electrons. The van der Waals surface area contributed by atoms with Gasteiger partial charge in [-0.25, -0.2) is 0 Å². The minimum atomic E-state index is -1.66. The molecule has 0 aliphatic rings. The average Bonchev–Trinajstić information content (AvgIpc) is 2.23. The maximum Gasteiger partial charge on any atom is 0.192 e. The number of hydrogen-bond donors (Lipinski definition) is 0. The average molecular weight is 271 g/mol. The highest BCUT2D eigenvalue weighted by atomic mass is 28.4. The van der Waals surface area contributed by atoms with Crippen molar-refractivity contribution >= 4 is 8.32 Å². The van der Waals surface area contributed by atoms with Gasteiger partial charge in [0.1, 0.15) is 0 Å². The summed E-state index contributed by atoms with van der Waals surface area (Å²) in [5, 5.41) is 0.279. The summed E-state index contributed by atoms with van der Waals surface area (Å²) in [6.07, 6.45) is 7.27. The van der Waals surface area contributed by atoms with Crippen molar-refractivity contribution in [3.8, 4) is 0 Å². The van der Waals surface area contributed by atoms with Gasteiger partial charge in [-0.3, -0.25) is 0 Å². The first-order valence-corrected chi connectivity index (χ1v) is 10.3. The summed E-state index contributed by atoms with van der Waals surface area (Å²) >= 11 is 0. The SMILES string of the molecule is C=C[C@H](C[C@@H](C)CCCC)O[Si](C)(C)C(C)(C)C. The van der Waals surface area contributed by atoms with Gasteiger partial charge in [0.15, 0.2) is 8.32 Å². The fraction of sp³-hybridized carbons (Fsp3) is 0.875. The maximum absolute atomic E-state index is 6.42. The van der Waals surface area contributed by atoms with Crippen LogP contribution in [0.1, 0.15) is 60.3 Å². The summed E-state index contributed by atoms with van der Waals surface area (Å²) in [7, 11) is -1.66. The summed E-state index contributed by atoms with van der Waals surface area (Å²) in [6, 6.07) is 0. The Hall–Kier alpha value is -0.0831. The van der Waals surface area contributed by atoms with Crippen LogP contribution in [0, 0.1) is 5.92 Å². The summed E-state index contributed by atoms with van der Waals surface area (Å²) in [5.41, 5.74) is 0. The molecule has 0 amide bonds. The van der Waals surface area contributed by atoms with Crippen LogP contribution in [0.3, 0.4) is 0 Å². The molecule has 0 spiro atoms. The Morgan fingerprint density at radius 2 is 1.83 bits per heavy atom. The summed E-state index contributed by atoms with van der Waals surface area (Å²) in [5.74, 6) is 0.734. The van der Waals surface area contributed by atoms with E-state index in [1.807, 2.05) is 6.08 Å². The summed E-state index contributed by atoms with van der Waals surface area (Å²) < 4.78 is 6.42.